The number of fused-ring (bicyclic) bond motifs is 1. The summed E-state index contributed by atoms with van der Waals surface area (Å²) in [5, 5.41) is 5.62. The summed E-state index contributed by atoms with van der Waals surface area (Å²) in [5.41, 5.74) is 2.07. The van der Waals surface area contributed by atoms with Gasteiger partial charge in [-0.25, -0.2) is 0 Å². The third-order valence-electron chi connectivity index (χ3n) is 4.10. The minimum Gasteiger partial charge on any atom is -0.454 e. The number of ether oxygens (including phenoxy) is 2. The predicted molar refractivity (Wildman–Crippen MR) is 109 cm³/mol. The smallest absolute Gasteiger partial charge is 0.255 e. The zero-order valence-electron chi connectivity index (χ0n) is 14.6. The van der Waals surface area contributed by atoms with E-state index in [4.69, 9.17) is 9.47 Å². The predicted octanol–water partition coefficient (Wildman–Crippen LogP) is 4.68. The van der Waals surface area contributed by atoms with Crippen LogP contribution in [0.2, 0.25) is 0 Å². The molecule has 2 amide bonds. The first-order chi connectivity index (χ1) is 13.6. The minimum absolute atomic E-state index is 0.173. The van der Waals surface area contributed by atoms with Gasteiger partial charge in [0.2, 0.25) is 6.79 Å². The van der Waals surface area contributed by atoms with E-state index in [-0.39, 0.29) is 18.6 Å². The van der Waals surface area contributed by atoms with Crippen molar-refractivity contribution in [2.75, 3.05) is 17.4 Å². The fourth-order valence-corrected chi connectivity index (χ4v) is 3.15. The highest BCUT2D eigenvalue weighted by Gasteiger charge is 2.15. The highest BCUT2D eigenvalue weighted by atomic mass is 79.9. The fraction of sp³-hybridized carbons (Fsp3) is 0.0476. The maximum absolute atomic E-state index is 12.6. The van der Waals surface area contributed by atoms with Crippen LogP contribution < -0.4 is 20.1 Å². The van der Waals surface area contributed by atoms with E-state index >= 15 is 0 Å². The normalized spacial score (nSPS) is 11.8. The lowest BCUT2D eigenvalue weighted by Crippen LogP contribution is -2.14. The van der Waals surface area contributed by atoms with Crippen molar-refractivity contribution in [3.8, 4) is 11.5 Å². The molecular formula is C21H15BrN2O4. The Morgan fingerprint density at radius 2 is 1.39 bits per heavy atom. The molecule has 2 N–H and O–H groups in total. The molecule has 3 aromatic carbocycles. The molecule has 0 aromatic heterocycles. The van der Waals surface area contributed by atoms with Gasteiger partial charge in [0.05, 0.1) is 0 Å². The third kappa shape index (κ3) is 3.99. The molecule has 0 radical (unpaired) electrons. The largest absolute Gasteiger partial charge is 0.454 e. The van der Waals surface area contributed by atoms with Gasteiger partial charge in [-0.15, -0.1) is 0 Å². The van der Waals surface area contributed by atoms with Crippen LogP contribution in [0.4, 0.5) is 11.4 Å². The molecule has 0 fully saturated rings. The standard InChI is InChI=1S/C21H15BrN2O4/c22-15-5-1-3-13(9-15)20(25)23-16-6-2-4-14(10-16)21(26)24-17-7-8-18-19(11-17)28-12-27-18/h1-11H,12H2,(H,23,25)(H,24,26). The first-order valence-corrected chi connectivity index (χ1v) is 9.26. The average Bonchev–Trinajstić information content (AvgIpc) is 3.16. The van der Waals surface area contributed by atoms with Crippen molar-refractivity contribution in [1.82, 2.24) is 0 Å². The summed E-state index contributed by atoms with van der Waals surface area (Å²) >= 11 is 3.35. The fourth-order valence-electron chi connectivity index (χ4n) is 2.75. The maximum atomic E-state index is 12.6. The van der Waals surface area contributed by atoms with Crippen LogP contribution in [0.15, 0.2) is 71.2 Å². The highest BCUT2D eigenvalue weighted by molar-refractivity contribution is 9.10. The van der Waals surface area contributed by atoms with Gasteiger partial charge in [-0.2, -0.15) is 0 Å². The molecule has 0 unspecified atom stereocenters. The lowest BCUT2D eigenvalue weighted by molar-refractivity contribution is 0.101. The lowest BCUT2D eigenvalue weighted by atomic mass is 10.1. The summed E-state index contributed by atoms with van der Waals surface area (Å²) in [4.78, 5) is 25.0. The molecule has 4 rings (SSSR count). The number of amides is 2. The molecule has 0 spiro atoms. The molecule has 0 saturated carbocycles. The van der Waals surface area contributed by atoms with Crippen LogP contribution >= 0.6 is 15.9 Å². The molecule has 0 atom stereocenters. The summed E-state index contributed by atoms with van der Waals surface area (Å²) in [7, 11) is 0. The van der Waals surface area contributed by atoms with E-state index in [9.17, 15) is 9.59 Å². The molecule has 140 valence electrons. The van der Waals surface area contributed by atoms with Gasteiger partial charge >= 0.3 is 0 Å². The van der Waals surface area contributed by atoms with Crippen molar-refractivity contribution in [1.29, 1.82) is 0 Å². The van der Waals surface area contributed by atoms with Gasteiger partial charge in [0.25, 0.3) is 11.8 Å². The molecule has 7 heteroatoms. The second kappa shape index (κ2) is 7.74. The number of carbonyl (C=O) groups excluding carboxylic acids is 2. The summed E-state index contributed by atoms with van der Waals surface area (Å²) in [6, 6.07) is 19.0. The molecule has 1 aliphatic heterocycles. The van der Waals surface area contributed by atoms with E-state index in [1.807, 2.05) is 6.07 Å². The van der Waals surface area contributed by atoms with Gasteiger partial charge in [-0.3, -0.25) is 9.59 Å². The molecule has 28 heavy (non-hydrogen) atoms. The van der Waals surface area contributed by atoms with Gasteiger partial charge in [-0.1, -0.05) is 28.1 Å². The van der Waals surface area contributed by atoms with Crippen LogP contribution in [-0.2, 0) is 0 Å². The number of rotatable bonds is 4. The molecule has 0 bridgehead atoms. The zero-order valence-corrected chi connectivity index (χ0v) is 16.2. The van der Waals surface area contributed by atoms with Crippen molar-refractivity contribution in [2.24, 2.45) is 0 Å². The quantitative estimate of drug-likeness (QED) is 0.619. The Labute approximate surface area is 169 Å². The zero-order chi connectivity index (χ0) is 19.5. The van der Waals surface area contributed by atoms with E-state index < -0.39 is 0 Å². The molecule has 1 aliphatic rings. The molecular weight excluding hydrogens is 424 g/mol. The first kappa shape index (κ1) is 18.1. The Bertz CT molecular complexity index is 1070. The molecule has 1 heterocycles. The molecule has 3 aromatic rings. The molecule has 0 aliphatic carbocycles. The van der Waals surface area contributed by atoms with E-state index in [0.29, 0.717) is 34.0 Å². The second-order valence-corrected chi connectivity index (χ2v) is 6.98. The monoisotopic (exact) mass is 438 g/mol. The maximum Gasteiger partial charge on any atom is 0.255 e. The van der Waals surface area contributed by atoms with Gasteiger partial charge in [0, 0.05) is 33.0 Å². The summed E-state index contributed by atoms with van der Waals surface area (Å²) in [6.07, 6.45) is 0. The van der Waals surface area contributed by atoms with Gasteiger partial charge in [0.15, 0.2) is 11.5 Å². The Balaban J connectivity index is 1.47. The van der Waals surface area contributed by atoms with Crippen molar-refractivity contribution in [2.45, 2.75) is 0 Å². The SMILES string of the molecule is O=C(Nc1cccc(C(=O)Nc2ccc3c(c2)OCO3)c1)c1cccc(Br)c1. The lowest BCUT2D eigenvalue weighted by Gasteiger charge is -2.09. The van der Waals surface area contributed by atoms with Crippen molar-refractivity contribution < 1.29 is 19.1 Å². The molecule has 6 nitrogen and oxygen atoms in total. The number of halogens is 1. The van der Waals surface area contributed by atoms with Gasteiger partial charge in [0.1, 0.15) is 0 Å². The topological polar surface area (TPSA) is 76.7 Å². The van der Waals surface area contributed by atoms with Gasteiger partial charge < -0.3 is 20.1 Å². The average molecular weight is 439 g/mol. The van der Waals surface area contributed by atoms with E-state index in [0.717, 1.165) is 4.47 Å². The number of hydrogen-bond acceptors (Lipinski definition) is 4. The minimum atomic E-state index is -0.294. The van der Waals surface area contributed by atoms with Crippen LogP contribution in [0.5, 0.6) is 11.5 Å². The Kier molecular flexibility index (Phi) is 4.99. The van der Waals surface area contributed by atoms with Crippen LogP contribution in [0.3, 0.4) is 0 Å². The van der Waals surface area contributed by atoms with Crippen LogP contribution in [0, 0.1) is 0 Å². The van der Waals surface area contributed by atoms with Crippen molar-refractivity contribution >= 4 is 39.1 Å². The summed E-state index contributed by atoms with van der Waals surface area (Å²) < 4.78 is 11.4. The van der Waals surface area contributed by atoms with E-state index in [2.05, 4.69) is 26.6 Å². The van der Waals surface area contributed by atoms with E-state index in [1.54, 1.807) is 60.7 Å². The van der Waals surface area contributed by atoms with Crippen LogP contribution in [0.1, 0.15) is 20.7 Å². The van der Waals surface area contributed by atoms with Crippen LogP contribution in [-0.4, -0.2) is 18.6 Å². The summed E-state index contributed by atoms with van der Waals surface area (Å²) in [6.45, 7) is 0.173. The summed E-state index contributed by atoms with van der Waals surface area (Å²) in [5.74, 6) is 0.690. The van der Waals surface area contributed by atoms with Crippen molar-refractivity contribution in [3.05, 3.63) is 82.3 Å². The van der Waals surface area contributed by atoms with Crippen molar-refractivity contribution in [3.63, 3.8) is 0 Å². The molecule has 0 saturated heterocycles. The highest BCUT2D eigenvalue weighted by Crippen LogP contribution is 2.34. The third-order valence-corrected chi connectivity index (χ3v) is 4.59. The number of benzene rings is 3. The number of nitrogens with one attached hydrogen (secondary N) is 2. The first-order valence-electron chi connectivity index (χ1n) is 8.46. The van der Waals surface area contributed by atoms with Crippen LogP contribution in [0.25, 0.3) is 0 Å². The number of anilines is 2. The second-order valence-electron chi connectivity index (χ2n) is 6.07. The van der Waals surface area contributed by atoms with Gasteiger partial charge in [-0.05, 0) is 48.5 Å². The number of hydrogen-bond donors (Lipinski definition) is 2. The Hall–Kier alpha value is -3.32. The Morgan fingerprint density at radius 3 is 2.14 bits per heavy atom. The Morgan fingerprint density at radius 1 is 0.750 bits per heavy atom. The number of carbonyl (C=O) groups is 2. The van der Waals surface area contributed by atoms with E-state index in [1.165, 1.54) is 0 Å².